The molecule has 0 aliphatic heterocycles. The van der Waals surface area contributed by atoms with Crippen LogP contribution in [0.2, 0.25) is 0 Å². The fourth-order valence-corrected chi connectivity index (χ4v) is 3.63. The predicted molar refractivity (Wildman–Crippen MR) is 144 cm³/mol. The van der Waals surface area contributed by atoms with E-state index in [4.69, 9.17) is 32.7 Å². The molecule has 0 spiro atoms. The second-order valence-corrected chi connectivity index (χ2v) is 9.40. The molecule has 36 heavy (non-hydrogen) atoms. The summed E-state index contributed by atoms with van der Waals surface area (Å²) in [6.07, 6.45) is 0. The van der Waals surface area contributed by atoms with Crippen molar-refractivity contribution in [1.29, 1.82) is 0 Å². The number of ketones is 2. The van der Waals surface area contributed by atoms with E-state index in [1.807, 2.05) is 38.0 Å². The summed E-state index contributed by atoms with van der Waals surface area (Å²) < 4.78 is 11.5. The molecule has 192 valence electrons. The molecule has 0 radical (unpaired) electrons. The van der Waals surface area contributed by atoms with Crippen LogP contribution >= 0.6 is 23.2 Å². The molecular formula is C26H30Cl2N4O4. The van der Waals surface area contributed by atoms with Crippen molar-refractivity contribution in [3.05, 3.63) is 70.0 Å². The molecule has 2 aromatic carbocycles. The van der Waals surface area contributed by atoms with Crippen LogP contribution in [0.4, 0.5) is 11.4 Å². The number of rotatable bonds is 12. The van der Waals surface area contributed by atoms with E-state index in [1.165, 1.54) is 0 Å². The molecule has 0 unspecified atom stereocenters. The number of allylic oxidation sites excluding steroid dienone is 2. The number of nitrogens with one attached hydrogen (secondary N) is 2. The minimum Gasteiger partial charge on any atom is -0.492 e. The molecule has 3 rings (SSSR count). The predicted octanol–water partition coefficient (Wildman–Crippen LogP) is 4.14. The van der Waals surface area contributed by atoms with E-state index in [9.17, 15) is 9.59 Å². The highest BCUT2D eigenvalue weighted by molar-refractivity contribution is 6.56. The molecule has 0 saturated heterocycles. The third-order valence-corrected chi connectivity index (χ3v) is 5.83. The maximum absolute atomic E-state index is 13.0. The number of likely N-dealkylation sites (N-methyl/N-ethyl adjacent to an activating group) is 2. The molecule has 0 saturated carbocycles. The number of benzene rings is 2. The van der Waals surface area contributed by atoms with Gasteiger partial charge in [-0.1, -0.05) is 35.3 Å². The standard InChI is InChI=1S/C26H30Cl2N4O4/c1-31(2)11-13-35-19-9-5-7-17(15-19)29-23-21(27)26(34)24(22(28)25(23)33)30-18-8-6-10-20(16-18)36-14-12-32(3)4/h5-10,15-16,29-30H,11-14H2,1-4H3. The molecule has 0 aromatic heterocycles. The van der Waals surface area contributed by atoms with Crippen LogP contribution in [0, 0.1) is 0 Å². The highest BCUT2D eigenvalue weighted by Gasteiger charge is 2.34. The Bertz CT molecular complexity index is 1090. The molecule has 0 heterocycles. The van der Waals surface area contributed by atoms with Gasteiger partial charge in [0.15, 0.2) is 0 Å². The van der Waals surface area contributed by atoms with Crippen LogP contribution in [0.1, 0.15) is 0 Å². The Morgan fingerprint density at radius 2 is 1.08 bits per heavy atom. The number of carbonyl (C=O) groups excluding carboxylic acids is 2. The topological polar surface area (TPSA) is 83.1 Å². The lowest BCUT2D eigenvalue weighted by Crippen LogP contribution is -2.27. The molecule has 8 nitrogen and oxygen atoms in total. The quantitative estimate of drug-likeness (QED) is 0.394. The van der Waals surface area contributed by atoms with Gasteiger partial charge in [0.1, 0.15) is 46.2 Å². The molecule has 0 atom stereocenters. The van der Waals surface area contributed by atoms with Gasteiger partial charge >= 0.3 is 0 Å². The fourth-order valence-electron chi connectivity index (χ4n) is 3.18. The monoisotopic (exact) mass is 532 g/mol. The van der Waals surface area contributed by atoms with Crippen molar-refractivity contribution < 1.29 is 19.1 Å². The number of carbonyl (C=O) groups is 2. The van der Waals surface area contributed by atoms with E-state index in [0.717, 1.165) is 13.1 Å². The second-order valence-electron chi connectivity index (χ2n) is 8.65. The number of hydrogen-bond acceptors (Lipinski definition) is 8. The van der Waals surface area contributed by atoms with E-state index in [1.54, 1.807) is 48.5 Å². The van der Waals surface area contributed by atoms with E-state index in [2.05, 4.69) is 10.6 Å². The van der Waals surface area contributed by atoms with Crippen LogP contribution in [-0.2, 0) is 9.59 Å². The highest BCUT2D eigenvalue weighted by Crippen LogP contribution is 2.32. The lowest BCUT2D eigenvalue weighted by molar-refractivity contribution is -0.115. The third kappa shape index (κ3) is 7.48. The smallest absolute Gasteiger partial charge is 0.224 e. The molecular weight excluding hydrogens is 503 g/mol. The Hall–Kier alpha value is -3.04. The highest BCUT2D eigenvalue weighted by atomic mass is 35.5. The lowest BCUT2D eigenvalue weighted by atomic mass is 10.0. The first-order valence-corrected chi connectivity index (χ1v) is 12.1. The minimum atomic E-state index is -0.596. The van der Waals surface area contributed by atoms with Crippen LogP contribution in [0.5, 0.6) is 11.5 Å². The number of halogens is 2. The maximum atomic E-state index is 13.0. The molecule has 10 heteroatoms. The zero-order valence-corrected chi connectivity index (χ0v) is 22.2. The van der Waals surface area contributed by atoms with Crippen LogP contribution < -0.4 is 20.1 Å². The molecule has 2 N–H and O–H groups in total. The average molecular weight is 533 g/mol. The molecule has 2 aromatic rings. The SMILES string of the molecule is CN(C)CCOc1cccc(NC2=C(Cl)C(=O)C(Nc3cccc(OCCN(C)C)c3)=C(Cl)C2=O)c1. The summed E-state index contributed by atoms with van der Waals surface area (Å²) in [6, 6.07) is 14.1. The molecule has 1 aliphatic carbocycles. The van der Waals surface area contributed by atoms with Gasteiger partial charge in [0, 0.05) is 36.6 Å². The number of anilines is 2. The van der Waals surface area contributed by atoms with Crippen molar-refractivity contribution in [2.75, 3.05) is 65.1 Å². The van der Waals surface area contributed by atoms with Gasteiger partial charge in [-0.05, 0) is 52.5 Å². The number of hydrogen-bond donors (Lipinski definition) is 2. The van der Waals surface area contributed by atoms with Gasteiger partial charge in [-0.15, -0.1) is 0 Å². The van der Waals surface area contributed by atoms with Crippen molar-refractivity contribution in [3.8, 4) is 11.5 Å². The summed E-state index contributed by atoms with van der Waals surface area (Å²) in [5, 5.41) is 5.33. The summed E-state index contributed by atoms with van der Waals surface area (Å²) in [5.74, 6) is 0.0387. The maximum Gasteiger partial charge on any atom is 0.224 e. The first-order valence-electron chi connectivity index (χ1n) is 11.3. The number of ether oxygens (including phenoxy) is 2. The fraction of sp³-hybridized carbons (Fsp3) is 0.308. The van der Waals surface area contributed by atoms with Crippen LogP contribution in [-0.4, -0.2) is 75.9 Å². The van der Waals surface area contributed by atoms with Crippen molar-refractivity contribution in [2.45, 2.75) is 0 Å². The summed E-state index contributed by atoms with van der Waals surface area (Å²) in [7, 11) is 7.83. The largest absolute Gasteiger partial charge is 0.492 e. The minimum absolute atomic E-state index is 0.0940. The van der Waals surface area contributed by atoms with Gasteiger partial charge in [0.2, 0.25) is 11.6 Å². The summed E-state index contributed by atoms with van der Waals surface area (Å²) in [4.78, 5) is 30.1. The Morgan fingerprint density at radius 3 is 1.44 bits per heavy atom. The van der Waals surface area contributed by atoms with E-state index in [0.29, 0.717) is 36.1 Å². The van der Waals surface area contributed by atoms with Crippen molar-refractivity contribution >= 4 is 46.1 Å². The Labute approximate surface area is 221 Å². The first-order chi connectivity index (χ1) is 17.2. The Kier molecular flexibility index (Phi) is 9.78. The second kappa shape index (κ2) is 12.8. The molecule has 0 amide bonds. The molecule has 0 fully saturated rings. The molecule has 0 bridgehead atoms. The first kappa shape index (κ1) is 27.5. The van der Waals surface area contributed by atoms with Crippen LogP contribution in [0.25, 0.3) is 0 Å². The third-order valence-electron chi connectivity index (χ3n) is 5.11. The van der Waals surface area contributed by atoms with Gasteiger partial charge in [-0.2, -0.15) is 0 Å². The zero-order valence-electron chi connectivity index (χ0n) is 20.7. The summed E-state index contributed by atoms with van der Waals surface area (Å²) >= 11 is 12.7. The normalized spacial score (nSPS) is 14.1. The number of nitrogens with zero attached hydrogens (tertiary/aromatic N) is 2. The molecule has 1 aliphatic rings. The van der Waals surface area contributed by atoms with Gasteiger partial charge in [-0.25, -0.2) is 0 Å². The van der Waals surface area contributed by atoms with E-state index in [-0.39, 0.29) is 21.5 Å². The Balaban J connectivity index is 1.72. The average Bonchev–Trinajstić information content (AvgIpc) is 2.83. The van der Waals surface area contributed by atoms with Gasteiger partial charge in [-0.3, -0.25) is 9.59 Å². The van der Waals surface area contributed by atoms with Gasteiger partial charge in [0.25, 0.3) is 0 Å². The lowest BCUT2D eigenvalue weighted by Gasteiger charge is -2.21. The van der Waals surface area contributed by atoms with Crippen molar-refractivity contribution in [2.24, 2.45) is 0 Å². The van der Waals surface area contributed by atoms with Crippen LogP contribution in [0.3, 0.4) is 0 Å². The summed E-state index contributed by atoms with van der Waals surface area (Å²) in [6.45, 7) is 2.51. The Morgan fingerprint density at radius 1 is 0.694 bits per heavy atom. The van der Waals surface area contributed by atoms with E-state index >= 15 is 0 Å². The summed E-state index contributed by atoms with van der Waals surface area (Å²) in [5.41, 5.74) is 0.886. The van der Waals surface area contributed by atoms with Crippen molar-refractivity contribution in [1.82, 2.24) is 9.80 Å². The van der Waals surface area contributed by atoms with Crippen LogP contribution in [0.15, 0.2) is 70.0 Å². The number of Topliss-reactive ketones (excluding diaryl/α,β-unsaturated/α-hetero) is 2. The van der Waals surface area contributed by atoms with Gasteiger partial charge < -0.3 is 29.9 Å². The van der Waals surface area contributed by atoms with Crippen molar-refractivity contribution in [3.63, 3.8) is 0 Å². The zero-order chi connectivity index (χ0) is 26.2. The van der Waals surface area contributed by atoms with Gasteiger partial charge in [0.05, 0.1) is 0 Å². The van der Waals surface area contributed by atoms with E-state index < -0.39 is 11.6 Å².